The molecule has 1 heterocycles. The highest BCUT2D eigenvalue weighted by molar-refractivity contribution is 8.01. The third-order valence-corrected chi connectivity index (χ3v) is 11.0. The van der Waals surface area contributed by atoms with E-state index in [0.717, 1.165) is 23.1 Å². The molecule has 3 rings (SSSR count). The molecule has 3 aromatic rings. The Balaban J connectivity index is 2.12. The van der Waals surface area contributed by atoms with Gasteiger partial charge < -0.3 is 24.6 Å². The number of aliphatic hydroxyl groups is 1. The average Bonchev–Trinajstić information content (AvgIpc) is 3.48. The van der Waals surface area contributed by atoms with Crippen LogP contribution < -0.4 is 21.3 Å². The summed E-state index contributed by atoms with van der Waals surface area (Å²) >= 11 is 2.18. The average molecular weight is 833 g/mol. The minimum absolute atomic E-state index is 0.0735. The lowest BCUT2D eigenvalue weighted by Crippen LogP contribution is -2.47. The van der Waals surface area contributed by atoms with Gasteiger partial charge in [0.2, 0.25) is 21.7 Å². The standard InChI is InChI=1S/C37H48N6O10S3/c1-20-15-22(39-31(42-33(47)52-36(5,6)7)43-34(48)53-37(8,9)10)17-24(40-27(45)19-44)28(20)21-13-12-14-23(16-21)56(49,50)26-18-25(55-30(26)54-11)29(38)41-32(46)51-35(2,3)4/h12-18,44H,19H2,1-11H3,(H,40,45)(H2,38,41,46)(H2,39,42,43,47,48). The molecule has 0 fully saturated rings. The predicted molar refractivity (Wildman–Crippen MR) is 216 cm³/mol. The van der Waals surface area contributed by atoms with E-state index < -0.39 is 57.4 Å². The predicted octanol–water partition coefficient (Wildman–Crippen LogP) is 7.10. The summed E-state index contributed by atoms with van der Waals surface area (Å²) in [7, 11) is -4.21. The Bertz CT molecular complexity index is 2110. The number of aryl methyl sites for hydroxylation is 1. The first-order chi connectivity index (χ1) is 25.7. The van der Waals surface area contributed by atoms with Crippen LogP contribution in [0.25, 0.3) is 11.1 Å². The van der Waals surface area contributed by atoms with Gasteiger partial charge in [-0.25, -0.2) is 27.8 Å². The fraction of sp³-hybridized carbons (Fsp3) is 0.405. The number of aliphatic imine (C=N–C) groups is 1. The van der Waals surface area contributed by atoms with Crippen LogP contribution in [0.15, 0.2) is 61.5 Å². The highest BCUT2D eigenvalue weighted by Crippen LogP contribution is 2.40. The van der Waals surface area contributed by atoms with Crippen molar-refractivity contribution < 1.29 is 46.9 Å². The number of nitrogens with zero attached hydrogens (tertiary/aromatic N) is 1. The molecule has 4 amide bonds. The molecule has 0 aliphatic heterocycles. The van der Waals surface area contributed by atoms with Crippen LogP contribution in [-0.4, -0.2) is 79.2 Å². The Labute approximate surface area is 334 Å². The molecule has 0 unspecified atom stereocenters. The highest BCUT2D eigenvalue weighted by atomic mass is 32.2. The minimum atomic E-state index is -4.21. The number of anilines is 1. The number of carbonyl (C=O) groups excluding carboxylic acids is 4. The fourth-order valence-corrected chi connectivity index (χ4v) is 8.69. The Morgan fingerprint density at radius 2 is 1.38 bits per heavy atom. The van der Waals surface area contributed by atoms with Gasteiger partial charge in [0.15, 0.2) is 0 Å². The van der Waals surface area contributed by atoms with Gasteiger partial charge in [0.05, 0.1) is 30.3 Å². The first-order valence-corrected chi connectivity index (χ1v) is 20.5. The van der Waals surface area contributed by atoms with Crippen LogP contribution in [0.2, 0.25) is 0 Å². The minimum Gasteiger partial charge on any atom is -0.444 e. The van der Waals surface area contributed by atoms with Crippen LogP contribution in [0.3, 0.4) is 0 Å². The zero-order valence-electron chi connectivity index (χ0n) is 33.0. The molecule has 56 heavy (non-hydrogen) atoms. The van der Waals surface area contributed by atoms with Crippen LogP contribution in [0.4, 0.5) is 25.8 Å². The van der Waals surface area contributed by atoms with Crippen molar-refractivity contribution in [3.05, 3.63) is 52.9 Å². The van der Waals surface area contributed by atoms with Crippen LogP contribution in [0, 0.1) is 12.3 Å². The number of sulfone groups is 1. The third kappa shape index (κ3) is 13.3. The van der Waals surface area contributed by atoms with Crippen molar-refractivity contribution in [1.29, 1.82) is 5.41 Å². The number of ether oxygens (including phenoxy) is 3. The second-order valence-electron chi connectivity index (χ2n) is 15.1. The number of hydrogen-bond donors (Lipinski definition) is 6. The van der Waals surface area contributed by atoms with Crippen molar-refractivity contribution >= 4 is 80.3 Å². The van der Waals surface area contributed by atoms with Crippen molar-refractivity contribution in [3.63, 3.8) is 0 Å². The summed E-state index contributed by atoms with van der Waals surface area (Å²) < 4.78 is 44.6. The first-order valence-electron chi connectivity index (χ1n) is 17.0. The lowest BCUT2D eigenvalue weighted by Gasteiger charge is -2.22. The number of amides is 4. The van der Waals surface area contributed by atoms with Gasteiger partial charge in [0.1, 0.15) is 29.2 Å². The van der Waals surface area contributed by atoms with E-state index in [1.165, 1.54) is 30.3 Å². The SMILES string of the molecule is CSc1sc(C(=N)NC(=O)OC(C)(C)C)cc1S(=O)(=O)c1cccc(-c2c(C)cc(N=C(NC(=O)OC(C)(C)C)NC(=O)OC(C)(C)C)cc2NC(=O)CO)c1. The summed E-state index contributed by atoms with van der Waals surface area (Å²) in [5.41, 5.74) is -1.10. The molecule has 19 heteroatoms. The summed E-state index contributed by atoms with van der Waals surface area (Å²) in [4.78, 5) is 54.6. The molecule has 0 aliphatic rings. The molecule has 0 saturated carbocycles. The van der Waals surface area contributed by atoms with Crippen molar-refractivity contribution in [2.75, 3.05) is 18.2 Å². The lowest BCUT2D eigenvalue weighted by atomic mass is 9.97. The molecule has 0 radical (unpaired) electrons. The Morgan fingerprint density at radius 1 is 0.839 bits per heavy atom. The Morgan fingerprint density at radius 3 is 1.88 bits per heavy atom. The number of amidine groups is 1. The number of guanidine groups is 1. The summed E-state index contributed by atoms with van der Waals surface area (Å²) in [5, 5.41) is 27.7. The molecule has 0 atom stereocenters. The van der Waals surface area contributed by atoms with Crippen molar-refractivity contribution in [3.8, 4) is 11.1 Å². The van der Waals surface area contributed by atoms with E-state index in [-0.39, 0.29) is 37.8 Å². The second-order valence-corrected chi connectivity index (χ2v) is 19.2. The van der Waals surface area contributed by atoms with Gasteiger partial charge in [0.25, 0.3) is 0 Å². The second kappa shape index (κ2) is 17.9. The number of benzene rings is 2. The first kappa shape index (κ1) is 45.4. The van der Waals surface area contributed by atoms with E-state index in [9.17, 15) is 32.7 Å². The number of hydrogen-bond acceptors (Lipinski definition) is 14. The third-order valence-electron chi connectivity index (χ3n) is 6.66. The number of aliphatic hydroxyl groups excluding tert-OH is 1. The molecule has 0 aliphatic carbocycles. The number of thiophene rings is 1. The zero-order valence-corrected chi connectivity index (χ0v) is 35.5. The Hall–Kier alpha value is -4.98. The van der Waals surface area contributed by atoms with E-state index in [2.05, 4.69) is 26.3 Å². The molecule has 6 N–H and O–H groups in total. The van der Waals surface area contributed by atoms with Gasteiger partial charge in [-0.1, -0.05) is 12.1 Å². The highest BCUT2D eigenvalue weighted by Gasteiger charge is 2.28. The summed E-state index contributed by atoms with van der Waals surface area (Å²) in [6.07, 6.45) is -1.02. The molecule has 0 spiro atoms. The molecular formula is C37H48N6O10S3. The molecule has 0 saturated heterocycles. The van der Waals surface area contributed by atoms with Crippen molar-refractivity contribution in [2.45, 2.75) is 100 Å². The summed E-state index contributed by atoms with van der Waals surface area (Å²) in [6, 6.07) is 10.3. The normalized spacial score (nSPS) is 11.9. The topological polar surface area (TPSA) is 235 Å². The van der Waals surface area contributed by atoms with E-state index in [1.807, 2.05) is 0 Å². The number of alkyl carbamates (subject to hydrolysis) is 3. The van der Waals surface area contributed by atoms with Gasteiger partial charge in [-0.05, 0) is 117 Å². The summed E-state index contributed by atoms with van der Waals surface area (Å²) in [5.74, 6) is -1.47. The van der Waals surface area contributed by atoms with Gasteiger partial charge in [0, 0.05) is 5.56 Å². The van der Waals surface area contributed by atoms with Gasteiger partial charge >= 0.3 is 18.3 Å². The zero-order chi connectivity index (χ0) is 42.4. The van der Waals surface area contributed by atoms with Crippen LogP contribution in [0.5, 0.6) is 0 Å². The fourth-order valence-electron chi connectivity index (χ4n) is 4.74. The monoisotopic (exact) mass is 832 g/mol. The maximum Gasteiger partial charge on any atom is 0.414 e. The van der Waals surface area contributed by atoms with Gasteiger partial charge in [-0.3, -0.25) is 26.2 Å². The van der Waals surface area contributed by atoms with Crippen LogP contribution in [0.1, 0.15) is 72.8 Å². The van der Waals surface area contributed by atoms with E-state index in [1.54, 1.807) is 87.6 Å². The van der Waals surface area contributed by atoms with E-state index >= 15 is 0 Å². The maximum absolute atomic E-state index is 14.2. The van der Waals surface area contributed by atoms with Gasteiger partial charge in [-0.2, -0.15) is 0 Å². The summed E-state index contributed by atoms with van der Waals surface area (Å²) in [6.45, 7) is 15.7. The van der Waals surface area contributed by atoms with Crippen molar-refractivity contribution in [2.24, 2.45) is 4.99 Å². The number of carbonyl (C=O) groups is 4. The lowest BCUT2D eigenvalue weighted by molar-refractivity contribution is -0.118. The quantitative estimate of drug-likeness (QED) is 0.0580. The molecule has 0 bridgehead atoms. The molecule has 304 valence electrons. The Kier molecular flexibility index (Phi) is 14.5. The molecule has 16 nitrogen and oxygen atoms in total. The molecular weight excluding hydrogens is 785 g/mol. The van der Waals surface area contributed by atoms with Gasteiger partial charge in [-0.15, -0.1) is 23.1 Å². The smallest absolute Gasteiger partial charge is 0.414 e. The molecule has 2 aromatic carbocycles. The van der Waals surface area contributed by atoms with E-state index in [4.69, 9.17) is 19.6 Å². The largest absolute Gasteiger partial charge is 0.444 e. The van der Waals surface area contributed by atoms with E-state index in [0.29, 0.717) is 20.9 Å². The van der Waals surface area contributed by atoms with Crippen molar-refractivity contribution in [1.82, 2.24) is 16.0 Å². The number of thioether (sulfide) groups is 1. The van der Waals surface area contributed by atoms with Crippen LogP contribution >= 0.6 is 23.1 Å². The number of nitrogens with one attached hydrogen (secondary N) is 5. The maximum atomic E-state index is 14.2. The molecule has 1 aromatic heterocycles. The number of rotatable bonds is 8. The van der Waals surface area contributed by atoms with Crippen LogP contribution in [-0.2, 0) is 28.8 Å².